The van der Waals surface area contributed by atoms with Crippen molar-refractivity contribution < 1.29 is 9.53 Å². The Balaban J connectivity index is 1.75. The van der Waals surface area contributed by atoms with Crippen molar-refractivity contribution in [1.82, 2.24) is 4.90 Å². The van der Waals surface area contributed by atoms with Crippen LogP contribution in [0.1, 0.15) is 21.5 Å². The van der Waals surface area contributed by atoms with E-state index in [1.807, 2.05) is 6.07 Å². The minimum absolute atomic E-state index is 0.132. The van der Waals surface area contributed by atoms with E-state index in [2.05, 4.69) is 30.1 Å². The first-order chi connectivity index (χ1) is 12.1. The summed E-state index contributed by atoms with van der Waals surface area (Å²) < 4.78 is 5.31. The van der Waals surface area contributed by atoms with Gasteiger partial charge in [-0.15, -0.1) is 0 Å². The SMILES string of the molecule is COc1ccc(Cl)cc1C(=O)N1CCN=C1SCc1cccc(C)c1. The smallest absolute Gasteiger partial charge is 0.263 e. The zero-order valence-electron chi connectivity index (χ0n) is 14.2. The molecule has 6 heteroatoms. The molecule has 4 nitrogen and oxygen atoms in total. The third kappa shape index (κ3) is 4.17. The molecule has 3 rings (SSSR count). The molecule has 130 valence electrons. The lowest BCUT2D eigenvalue weighted by Gasteiger charge is -2.19. The van der Waals surface area contributed by atoms with Gasteiger partial charge in [-0.2, -0.15) is 0 Å². The molecule has 0 fully saturated rings. The molecule has 0 saturated heterocycles. The first-order valence-corrected chi connectivity index (χ1v) is 9.33. The van der Waals surface area contributed by atoms with Gasteiger partial charge in [-0.25, -0.2) is 0 Å². The van der Waals surface area contributed by atoms with Gasteiger partial charge in [0.25, 0.3) is 5.91 Å². The quantitative estimate of drug-likeness (QED) is 0.796. The molecular weight excluding hydrogens is 356 g/mol. The Hall–Kier alpha value is -1.98. The van der Waals surface area contributed by atoms with Gasteiger partial charge in [0, 0.05) is 17.3 Å². The Bertz CT molecular complexity index is 823. The second-order valence-corrected chi connectivity index (χ2v) is 7.12. The molecule has 0 spiro atoms. The van der Waals surface area contributed by atoms with Crippen LogP contribution >= 0.6 is 23.4 Å². The van der Waals surface area contributed by atoms with Crippen molar-refractivity contribution in [2.45, 2.75) is 12.7 Å². The van der Waals surface area contributed by atoms with Gasteiger partial charge in [-0.3, -0.25) is 14.7 Å². The third-order valence-electron chi connectivity index (χ3n) is 3.89. The maximum Gasteiger partial charge on any atom is 0.263 e. The summed E-state index contributed by atoms with van der Waals surface area (Å²) in [5, 5.41) is 1.25. The molecule has 2 aromatic carbocycles. The number of nitrogens with zero attached hydrogens (tertiary/aromatic N) is 2. The molecule has 0 atom stereocenters. The number of carbonyl (C=O) groups is 1. The van der Waals surface area contributed by atoms with Crippen molar-refractivity contribution in [2.75, 3.05) is 20.2 Å². The molecule has 0 aliphatic carbocycles. The Morgan fingerprint density at radius 3 is 2.92 bits per heavy atom. The molecular formula is C19H19ClN2O2S. The van der Waals surface area contributed by atoms with E-state index >= 15 is 0 Å². The summed E-state index contributed by atoms with van der Waals surface area (Å²) in [5.74, 6) is 1.16. The number of benzene rings is 2. The molecule has 1 aliphatic rings. The Morgan fingerprint density at radius 1 is 1.32 bits per heavy atom. The topological polar surface area (TPSA) is 41.9 Å². The number of hydrogen-bond donors (Lipinski definition) is 0. The van der Waals surface area contributed by atoms with Crippen LogP contribution in [-0.4, -0.2) is 36.2 Å². The number of ether oxygens (including phenoxy) is 1. The van der Waals surface area contributed by atoms with Gasteiger partial charge in [0.1, 0.15) is 5.75 Å². The number of aliphatic imine (C=N–C) groups is 1. The molecule has 0 unspecified atom stereocenters. The molecule has 25 heavy (non-hydrogen) atoms. The lowest BCUT2D eigenvalue weighted by molar-refractivity contribution is 0.0857. The maximum absolute atomic E-state index is 12.9. The highest BCUT2D eigenvalue weighted by molar-refractivity contribution is 8.13. The average Bonchev–Trinajstić information content (AvgIpc) is 3.08. The number of amides is 1. The molecule has 1 aliphatic heterocycles. The number of methoxy groups -OCH3 is 1. The van der Waals surface area contributed by atoms with Crippen LogP contribution in [-0.2, 0) is 5.75 Å². The van der Waals surface area contributed by atoms with Gasteiger partial charge in [0.05, 0.1) is 19.2 Å². The monoisotopic (exact) mass is 374 g/mol. The summed E-state index contributed by atoms with van der Waals surface area (Å²) in [6, 6.07) is 13.4. The third-order valence-corrected chi connectivity index (χ3v) is 5.21. The number of hydrogen-bond acceptors (Lipinski definition) is 4. The minimum Gasteiger partial charge on any atom is -0.496 e. The zero-order chi connectivity index (χ0) is 17.8. The molecule has 0 radical (unpaired) electrons. The van der Waals surface area contributed by atoms with Crippen molar-refractivity contribution in [3.63, 3.8) is 0 Å². The first-order valence-electron chi connectivity index (χ1n) is 7.96. The standard InChI is InChI=1S/C19H19ClN2O2S/c1-13-4-3-5-14(10-13)12-25-19-21-8-9-22(19)18(23)16-11-15(20)6-7-17(16)24-2/h3-7,10-11H,8-9,12H2,1-2H3. The van der Waals surface area contributed by atoms with Crippen LogP contribution in [0.25, 0.3) is 0 Å². The van der Waals surface area contributed by atoms with Gasteiger partial charge in [0.15, 0.2) is 5.17 Å². The zero-order valence-corrected chi connectivity index (χ0v) is 15.7. The van der Waals surface area contributed by atoms with E-state index in [1.54, 1.807) is 42.0 Å². The van der Waals surface area contributed by atoms with Crippen molar-refractivity contribution in [3.8, 4) is 5.75 Å². The summed E-state index contributed by atoms with van der Waals surface area (Å²) in [6.07, 6.45) is 0. The molecule has 0 saturated carbocycles. The highest BCUT2D eigenvalue weighted by Gasteiger charge is 2.27. The summed E-state index contributed by atoms with van der Waals surface area (Å²) in [5.41, 5.74) is 2.90. The van der Waals surface area contributed by atoms with E-state index in [0.29, 0.717) is 29.4 Å². The van der Waals surface area contributed by atoms with Gasteiger partial charge >= 0.3 is 0 Å². The number of halogens is 1. The highest BCUT2D eigenvalue weighted by Crippen LogP contribution is 2.27. The van der Waals surface area contributed by atoms with Crippen LogP contribution in [0.2, 0.25) is 5.02 Å². The van der Waals surface area contributed by atoms with E-state index in [-0.39, 0.29) is 5.91 Å². The van der Waals surface area contributed by atoms with E-state index in [9.17, 15) is 4.79 Å². The predicted molar refractivity (Wildman–Crippen MR) is 104 cm³/mol. The van der Waals surface area contributed by atoms with Crippen molar-refractivity contribution in [1.29, 1.82) is 0 Å². The normalized spacial score (nSPS) is 13.7. The van der Waals surface area contributed by atoms with E-state index in [0.717, 1.165) is 10.9 Å². The fourth-order valence-corrected chi connectivity index (χ4v) is 3.84. The summed E-state index contributed by atoms with van der Waals surface area (Å²) in [4.78, 5) is 19.1. The Morgan fingerprint density at radius 2 is 2.16 bits per heavy atom. The molecule has 0 N–H and O–H groups in total. The number of amidine groups is 1. The van der Waals surface area contributed by atoms with Crippen LogP contribution in [0, 0.1) is 6.92 Å². The summed E-state index contributed by atoms with van der Waals surface area (Å²) >= 11 is 7.63. The fourth-order valence-electron chi connectivity index (χ4n) is 2.68. The molecule has 0 aromatic heterocycles. The predicted octanol–water partition coefficient (Wildman–Crippen LogP) is 4.40. The fraction of sp³-hybridized carbons (Fsp3) is 0.263. The van der Waals surface area contributed by atoms with E-state index < -0.39 is 0 Å². The highest BCUT2D eigenvalue weighted by atomic mass is 35.5. The minimum atomic E-state index is -0.132. The number of thioether (sulfide) groups is 1. The second-order valence-electron chi connectivity index (χ2n) is 5.74. The van der Waals surface area contributed by atoms with Crippen LogP contribution in [0.15, 0.2) is 47.5 Å². The maximum atomic E-state index is 12.9. The molecule has 1 amide bonds. The van der Waals surface area contributed by atoms with Crippen molar-refractivity contribution >= 4 is 34.4 Å². The summed E-state index contributed by atoms with van der Waals surface area (Å²) in [7, 11) is 1.55. The van der Waals surface area contributed by atoms with Gasteiger partial charge in [0.2, 0.25) is 0 Å². The average molecular weight is 375 g/mol. The molecule has 0 bridgehead atoms. The van der Waals surface area contributed by atoms with Gasteiger partial charge in [-0.05, 0) is 30.7 Å². The summed E-state index contributed by atoms with van der Waals surface area (Å²) in [6.45, 7) is 3.26. The molecule has 2 aromatic rings. The van der Waals surface area contributed by atoms with Gasteiger partial charge < -0.3 is 4.74 Å². The van der Waals surface area contributed by atoms with Crippen LogP contribution in [0.3, 0.4) is 0 Å². The van der Waals surface area contributed by atoms with Crippen LogP contribution < -0.4 is 4.74 Å². The lowest BCUT2D eigenvalue weighted by atomic mass is 10.2. The van der Waals surface area contributed by atoms with E-state index in [4.69, 9.17) is 16.3 Å². The van der Waals surface area contributed by atoms with Crippen molar-refractivity contribution in [2.24, 2.45) is 4.99 Å². The van der Waals surface area contributed by atoms with Crippen LogP contribution in [0.4, 0.5) is 0 Å². The van der Waals surface area contributed by atoms with Crippen LogP contribution in [0.5, 0.6) is 5.75 Å². The Kier molecular flexibility index (Phi) is 5.66. The number of rotatable bonds is 4. The Labute approximate surface area is 156 Å². The number of carbonyl (C=O) groups excluding carboxylic acids is 1. The lowest BCUT2D eigenvalue weighted by Crippen LogP contribution is -2.33. The number of aryl methyl sites for hydroxylation is 1. The molecule has 1 heterocycles. The van der Waals surface area contributed by atoms with Gasteiger partial charge in [-0.1, -0.05) is 53.2 Å². The van der Waals surface area contributed by atoms with Crippen molar-refractivity contribution in [3.05, 3.63) is 64.2 Å². The first kappa shape index (κ1) is 17.8. The largest absolute Gasteiger partial charge is 0.496 e. The van der Waals surface area contributed by atoms with E-state index in [1.165, 1.54) is 11.1 Å². The second kappa shape index (κ2) is 7.93.